The normalized spacial score (nSPS) is 20.8. The van der Waals surface area contributed by atoms with E-state index >= 15 is 0 Å². The third-order valence-corrected chi connectivity index (χ3v) is 4.85. The molecule has 1 aliphatic carbocycles. The number of nitrogens with two attached hydrogens (primary N) is 1. The average Bonchev–Trinajstić information content (AvgIpc) is 2.64. The van der Waals surface area contributed by atoms with Crippen LogP contribution in [0.15, 0.2) is 18.2 Å². The van der Waals surface area contributed by atoms with Gasteiger partial charge in [0, 0.05) is 17.0 Å². The third-order valence-electron chi connectivity index (χ3n) is 4.61. The molecule has 1 atom stereocenters. The van der Waals surface area contributed by atoms with Crippen molar-refractivity contribution in [1.82, 2.24) is 0 Å². The Balaban J connectivity index is 2.31. The Hall–Kier alpha value is -0.570. The minimum Gasteiger partial charge on any atom is -0.388 e. The molecule has 0 aliphatic heterocycles. The minimum absolute atomic E-state index is 0.158. The average molecular weight is 282 g/mol. The number of hydrogen-bond acceptors (Lipinski definition) is 2. The number of aliphatic hydroxyl groups is 1. The molecular formula is C16H24ClNO. The smallest absolute Gasteiger partial charge is 0.0860 e. The Morgan fingerprint density at radius 1 is 1.26 bits per heavy atom. The largest absolute Gasteiger partial charge is 0.388 e. The van der Waals surface area contributed by atoms with Crippen LogP contribution < -0.4 is 5.73 Å². The van der Waals surface area contributed by atoms with Crippen molar-refractivity contribution in [2.45, 2.75) is 51.6 Å². The summed E-state index contributed by atoms with van der Waals surface area (Å²) in [6, 6.07) is 5.72. The monoisotopic (exact) mass is 281 g/mol. The summed E-state index contributed by atoms with van der Waals surface area (Å²) in [5.74, 6) is 0. The summed E-state index contributed by atoms with van der Waals surface area (Å²) in [5, 5.41) is 11.6. The van der Waals surface area contributed by atoms with Gasteiger partial charge in [-0.2, -0.15) is 0 Å². The van der Waals surface area contributed by atoms with Gasteiger partial charge < -0.3 is 10.8 Å². The van der Waals surface area contributed by atoms with Gasteiger partial charge in [-0.1, -0.05) is 43.4 Å². The first-order chi connectivity index (χ1) is 9.09. The number of aliphatic hydroxyl groups excluding tert-OH is 1. The van der Waals surface area contributed by atoms with Crippen LogP contribution in [0.25, 0.3) is 0 Å². The van der Waals surface area contributed by atoms with E-state index in [2.05, 4.69) is 0 Å². The van der Waals surface area contributed by atoms with Crippen molar-refractivity contribution in [2.24, 2.45) is 11.1 Å². The van der Waals surface area contributed by atoms with E-state index in [9.17, 15) is 5.11 Å². The maximum Gasteiger partial charge on any atom is 0.0860 e. The number of aryl methyl sites for hydroxylation is 1. The molecule has 1 aliphatic rings. The molecule has 1 unspecified atom stereocenters. The number of rotatable bonds is 3. The van der Waals surface area contributed by atoms with Gasteiger partial charge in [-0.25, -0.2) is 0 Å². The molecule has 3 heteroatoms. The molecule has 0 radical (unpaired) electrons. The molecule has 0 spiro atoms. The van der Waals surface area contributed by atoms with Crippen LogP contribution in [-0.2, 0) is 0 Å². The second-order valence-corrected chi connectivity index (χ2v) is 6.32. The van der Waals surface area contributed by atoms with Crippen molar-refractivity contribution in [3.05, 3.63) is 34.3 Å². The van der Waals surface area contributed by atoms with Gasteiger partial charge >= 0.3 is 0 Å². The van der Waals surface area contributed by atoms with Gasteiger partial charge in [0.1, 0.15) is 0 Å². The third kappa shape index (κ3) is 3.13. The van der Waals surface area contributed by atoms with Crippen LogP contribution in [0, 0.1) is 12.3 Å². The molecule has 0 aromatic heterocycles. The Labute approximate surface area is 121 Å². The number of hydrogen-bond donors (Lipinski definition) is 2. The van der Waals surface area contributed by atoms with Crippen molar-refractivity contribution in [1.29, 1.82) is 0 Å². The molecule has 0 amide bonds. The van der Waals surface area contributed by atoms with Crippen LogP contribution in [0.1, 0.15) is 55.8 Å². The van der Waals surface area contributed by atoms with Crippen molar-refractivity contribution < 1.29 is 5.11 Å². The SMILES string of the molecule is Cc1cc(Cl)ccc1C(O)C1(CN)CCCCCC1. The summed E-state index contributed by atoms with van der Waals surface area (Å²) in [5.41, 5.74) is 7.92. The molecule has 1 aromatic carbocycles. The highest BCUT2D eigenvalue weighted by Crippen LogP contribution is 2.45. The van der Waals surface area contributed by atoms with Crippen molar-refractivity contribution in [3.8, 4) is 0 Å². The predicted molar refractivity (Wildman–Crippen MR) is 80.3 cm³/mol. The highest BCUT2D eigenvalue weighted by Gasteiger charge is 2.38. The first kappa shape index (κ1) is 14.8. The molecular weight excluding hydrogens is 258 g/mol. The molecule has 1 aromatic rings. The highest BCUT2D eigenvalue weighted by atomic mass is 35.5. The van der Waals surface area contributed by atoms with Gasteiger partial charge in [0.25, 0.3) is 0 Å². The lowest BCUT2D eigenvalue weighted by molar-refractivity contribution is 0.0162. The molecule has 2 nitrogen and oxygen atoms in total. The quantitative estimate of drug-likeness (QED) is 0.823. The van der Waals surface area contributed by atoms with Crippen molar-refractivity contribution in [3.63, 3.8) is 0 Å². The van der Waals surface area contributed by atoms with Gasteiger partial charge in [-0.15, -0.1) is 0 Å². The summed E-state index contributed by atoms with van der Waals surface area (Å²) < 4.78 is 0. The molecule has 19 heavy (non-hydrogen) atoms. The second-order valence-electron chi connectivity index (χ2n) is 5.88. The minimum atomic E-state index is -0.479. The molecule has 1 saturated carbocycles. The van der Waals surface area contributed by atoms with Crippen LogP contribution in [0.3, 0.4) is 0 Å². The molecule has 0 saturated heterocycles. The van der Waals surface area contributed by atoms with Crippen molar-refractivity contribution in [2.75, 3.05) is 6.54 Å². The zero-order chi connectivity index (χ0) is 13.9. The van der Waals surface area contributed by atoms with E-state index in [-0.39, 0.29) is 5.41 Å². The maximum absolute atomic E-state index is 10.9. The molecule has 0 heterocycles. The van der Waals surface area contributed by atoms with E-state index in [0.717, 1.165) is 29.0 Å². The Morgan fingerprint density at radius 2 is 1.89 bits per heavy atom. The lowest BCUT2D eigenvalue weighted by Gasteiger charge is -2.37. The van der Waals surface area contributed by atoms with Gasteiger partial charge in [-0.05, 0) is 43.0 Å². The van der Waals surface area contributed by atoms with Gasteiger partial charge in [-0.3, -0.25) is 0 Å². The summed E-state index contributed by atoms with van der Waals surface area (Å²) in [7, 11) is 0. The molecule has 106 valence electrons. The predicted octanol–water partition coefficient (Wildman–Crippen LogP) is 3.98. The van der Waals surface area contributed by atoms with Crippen LogP contribution >= 0.6 is 11.6 Å². The first-order valence-corrected chi connectivity index (χ1v) is 7.61. The van der Waals surface area contributed by atoms with Crippen molar-refractivity contribution >= 4 is 11.6 Å². The number of halogens is 1. The Morgan fingerprint density at radius 3 is 2.42 bits per heavy atom. The van der Waals surface area contributed by atoms with Crippen LogP contribution in [0.5, 0.6) is 0 Å². The molecule has 3 N–H and O–H groups in total. The second kappa shape index (κ2) is 6.25. The zero-order valence-electron chi connectivity index (χ0n) is 11.7. The fraction of sp³-hybridized carbons (Fsp3) is 0.625. The van der Waals surface area contributed by atoms with Crippen LogP contribution in [0.4, 0.5) is 0 Å². The van der Waals surface area contributed by atoms with E-state index in [1.54, 1.807) is 0 Å². The highest BCUT2D eigenvalue weighted by molar-refractivity contribution is 6.30. The van der Waals surface area contributed by atoms with E-state index in [1.165, 1.54) is 25.7 Å². The van der Waals surface area contributed by atoms with E-state index in [1.807, 2.05) is 25.1 Å². The standard InChI is InChI=1S/C16H24ClNO/c1-12-10-13(17)6-7-14(12)15(19)16(11-18)8-4-2-3-5-9-16/h6-7,10,15,19H,2-5,8-9,11,18H2,1H3. The summed E-state index contributed by atoms with van der Waals surface area (Å²) in [6.45, 7) is 2.56. The maximum atomic E-state index is 10.9. The van der Waals surface area contributed by atoms with Gasteiger partial charge in [0.2, 0.25) is 0 Å². The van der Waals surface area contributed by atoms with E-state index < -0.39 is 6.10 Å². The summed E-state index contributed by atoms with van der Waals surface area (Å²) in [6.07, 6.45) is 6.41. The van der Waals surface area contributed by atoms with Gasteiger partial charge in [0.15, 0.2) is 0 Å². The van der Waals surface area contributed by atoms with Crippen LogP contribution in [0.2, 0.25) is 5.02 Å². The van der Waals surface area contributed by atoms with Crippen LogP contribution in [-0.4, -0.2) is 11.7 Å². The Kier molecular flexibility index (Phi) is 4.88. The molecule has 2 rings (SSSR count). The first-order valence-electron chi connectivity index (χ1n) is 7.23. The van der Waals surface area contributed by atoms with E-state index in [0.29, 0.717) is 6.54 Å². The Bertz CT molecular complexity index is 425. The van der Waals surface area contributed by atoms with E-state index in [4.69, 9.17) is 17.3 Å². The lowest BCUT2D eigenvalue weighted by atomic mass is 9.72. The fourth-order valence-electron chi connectivity index (χ4n) is 3.30. The number of benzene rings is 1. The summed E-state index contributed by atoms with van der Waals surface area (Å²) >= 11 is 6.00. The molecule has 1 fully saturated rings. The van der Waals surface area contributed by atoms with Gasteiger partial charge in [0.05, 0.1) is 6.10 Å². The summed E-state index contributed by atoms with van der Waals surface area (Å²) in [4.78, 5) is 0. The zero-order valence-corrected chi connectivity index (χ0v) is 12.4. The fourth-order valence-corrected chi connectivity index (χ4v) is 3.52. The molecule has 0 bridgehead atoms. The topological polar surface area (TPSA) is 46.2 Å². The lowest BCUT2D eigenvalue weighted by Crippen LogP contribution is -2.36.